The summed E-state index contributed by atoms with van der Waals surface area (Å²) in [6, 6.07) is 0. The summed E-state index contributed by atoms with van der Waals surface area (Å²) < 4.78 is 62.1. The lowest BCUT2D eigenvalue weighted by Crippen LogP contribution is -2.34. The van der Waals surface area contributed by atoms with Crippen molar-refractivity contribution in [3.05, 3.63) is 0 Å². The lowest BCUT2D eigenvalue weighted by atomic mass is 10.6. The fraction of sp³-hybridized carbons (Fsp3) is 0.786. The summed E-state index contributed by atoms with van der Waals surface area (Å²) in [5.41, 5.74) is 0. The van der Waals surface area contributed by atoms with Crippen LogP contribution in [0.2, 0.25) is 0 Å². The summed E-state index contributed by atoms with van der Waals surface area (Å²) in [6.45, 7) is 2.53. The van der Waals surface area contributed by atoms with Gasteiger partial charge in [0.25, 0.3) is 0 Å². The minimum atomic E-state index is -3.88. The van der Waals surface area contributed by atoms with Crippen LogP contribution in [0.3, 0.4) is 0 Å². The molecule has 0 saturated heterocycles. The van der Waals surface area contributed by atoms with Crippen molar-refractivity contribution in [2.75, 3.05) is 37.9 Å². The molecule has 0 saturated carbocycles. The Labute approximate surface area is 158 Å². The average Bonchev–Trinajstić information content (AvgIpc) is 2.56. The fourth-order valence-corrected chi connectivity index (χ4v) is 3.71. The van der Waals surface area contributed by atoms with Crippen LogP contribution >= 0.6 is 0 Å². The Balaban J connectivity index is 4.11. The molecule has 0 aliphatic heterocycles. The zero-order valence-corrected chi connectivity index (χ0v) is 17.1. The van der Waals surface area contributed by atoms with Crippen LogP contribution < -0.4 is 4.72 Å². The number of rotatable bonds is 13. The number of carbonyl (C=O) groups excluding carboxylic acids is 3. The van der Waals surface area contributed by atoms with Gasteiger partial charge in [0.2, 0.25) is 10.0 Å². The molecule has 27 heavy (non-hydrogen) atoms. The maximum atomic E-state index is 11.7. The molecule has 0 aliphatic rings. The molecular formula is C14H25NO10S2. The minimum Gasteiger partial charge on any atom is -0.463 e. The molecule has 1 N–H and O–H groups in total. The molecule has 0 aromatic carbocycles. The molecule has 158 valence electrons. The highest BCUT2D eigenvalue weighted by Gasteiger charge is 2.19. The van der Waals surface area contributed by atoms with Crippen LogP contribution in [0.4, 0.5) is 0 Å². The summed E-state index contributed by atoms with van der Waals surface area (Å²) in [5, 5.41) is -0.605. The number of hydrogen-bond donors (Lipinski definition) is 1. The van der Waals surface area contributed by atoms with Gasteiger partial charge in [-0.3, -0.25) is 4.79 Å². The van der Waals surface area contributed by atoms with E-state index in [-0.39, 0.29) is 18.8 Å². The second-order valence-corrected chi connectivity index (χ2v) is 10.1. The van der Waals surface area contributed by atoms with E-state index in [0.29, 0.717) is 0 Å². The van der Waals surface area contributed by atoms with Crippen LogP contribution in [0.15, 0.2) is 0 Å². The molecular weight excluding hydrogens is 406 g/mol. The molecule has 0 amide bonds. The molecule has 13 heteroatoms. The van der Waals surface area contributed by atoms with Crippen LogP contribution in [0, 0.1) is 0 Å². The fourth-order valence-electron chi connectivity index (χ4n) is 1.50. The van der Waals surface area contributed by atoms with Gasteiger partial charge in [-0.2, -0.15) is 0 Å². The van der Waals surface area contributed by atoms with E-state index >= 15 is 0 Å². The van der Waals surface area contributed by atoms with Crippen LogP contribution in [0.1, 0.15) is 27.2 Å². The highest BCUT2D eigenvalue weighted by molar-refractivity contribution is 7.92. The first kappa shape index (κ1) is 25.3. The van der Waals surface area contributed by atoms with Crippen molar-refractivity contribution in [2.24, 2.45) is 0 Å². The predicted molar refractivity (Wildman–Crippen MR) is 93.9 cm³/mol. The third kappa shape index (κ3) is 12.3. The van der Waals surface area contributed by atoms with E-state index in [2.05, 4.69) is 14.2 Å². The van der Waals surface area contributed by atoms with E-state index in [1.54, 1.807) is 6.92 Å². The quantitative estimate of drug-likeness (QED) is 0.276. The Bertz CT molecular complexity index is 712. The van der Waals surface area contributed by atoms with Gasteiger partial charge >= 0.3 is 17.9 Å². The lowest BCUT2D eigenvalue weighted by Gasteiger charge is -2.09. The van der Waals surface area contributed by atoms with Gasteiger partial charge < -0.3 is 14.2 Å². The van der Waals surface area contributed by atoms with Crippen molar-refractivity contribution in [3.8, 4) is 0 Å². The number of carbonyl (C=O) groups is 3. The number of sulfone groups is 1. The first-order valence-electron chi connectivity index (χ1n) is 8.05. The van der Waals surface area contributed by atoms with E-state index in [9.17, 15) is 31.2 Å². The van der Waals surface area contributed by atoms with Gasteiger partial charge in [0, 0.05) is 0 Å². The second-order valence-electron chi connectivity index (χ2n) is 5.54. The summed E-state index contributed by atoms with van der Waals surface area (Å²) >= 11 is 0. The van der Waals surface area contributed by atoms with Crippen molar-refractivity contribution < 1.29 is 45.4 Å². The third-order valence-corrected chi connectivity index (χ3v) is 6.71. The van der Waals surface area contributed by atoms with Crippen LogP contribution in [0.25, 0.3) is 0 Å². The van der Waals surface area contributed by atoms with Gasteiger partial charge in [-0.15, -0.1) is 0 Å². The normalized spacial score (nSPS) is 11.9. The summed E-state index contributed by atoms with van der Waals surface area (Å²) in [7, 11) is -7.24. The number of esters is 3. The molecule has 0 atom stereocenters. The number of nitrogens with one attached hydrogen (secondary N) is 1. The number of hydrogen-bond acceptors (Lipinski definition) is 10. The SMILES string of the molecule is CCOC(=O)COC(=O)COC(=O)CNS(=O)(=O)CCCS(=O)(=O)C(C)C. The van der Waals surface area contributed by atoms with Crippen molar-refractivity contribution in [3.63, 3.8) is 0 Å². The van der Waals surface area contributed by atoms with Gasteiger partial charge in [-0.05, 0) is 27.2 Å². The first-order chi connectivity index (χ1) is 12.4. The lowest BCUT2D eigenvalue weighted by molar-refractivity contribution is -0.164. The Hall–Kier alpha value is -1.73. The molecule has 0 aliphatic carbocycles. The molecule has 0 radical (unpaired) electrons. The largest absolute Gasteiger partial charge is 0.463 e. The van der Waals surface area contributed by atoms with Gasteiger partial charge in [-0.25, -0.2) is 31.1 Å². The van der Waals surface area contributed by atoms with E-state index in [0.717, 1.165) is 0 Å². The highest BCUT2D eigenvalue weighted by atomic mass is 32.2. The monoisotopic (exact) mass is 431 g/mol. The maximum Gasteiger partial charge on any atom is 0.344 e. The Kier molecular flexibility index (Phi) is 11.1. The molecule has 0 unspecified atom stereocenters. The third-order valence-electron chi connectivity index (χ3n) is 3.00. The summed E-state index contributed by atoms with van der Waals surface area (Å²) in [4.78, 5) is 33.6. The smallest absolute Gasteiger partial charge is 0.344 e. The van der Waals surface area contributed by atoms with Crippen molar-refractivity contribution in [2.45, 2.75) is 32.4 Å². The zero-order chi connectivity index (χ0) is 21.1. The van der Waals surface area contributed by atoms with E-state index in [4.69, 9.17) is 0 Å². The Morgan fingerprint density at radius 3 is 1.89 bits per heavy atom. The van der Waals surface area contributed by atoms with Crippen LogP contribution in [0.5, 0.6) is 0 Å². The van der Waals surface area contributed by atoms with Gasteiger partial charge in [-0.1, -0.05) is 0 Å². The highest BCUT2D eigenvalue weighted by Crippen LogP contribution is 2.03. The molecule has 0 aromatic rings. The Morgan fingerprint density at radius 2 is 1.37 bits per heavy atom. The summed E-state index contributed by atoms with van der Waals surface area (Å²) in [6.07, 6.45) is -0.120. The number of sulfonamides is 1. The summed E-state index contributed by atoms with van der Waals surface area (Å²) in [5.74, 6) is -3.57. The average molecular weight is 431 g/mol. The van der Waals surface area contributed by atoms with E-state index < -0.39 is 68.5 Å². The molecule has 0 heterocycles. The van der Waals surface area contributed by atoms with Gasteiger partial charge in [0.15, 0.2) is 23.1 Å². The van der Waals surface area contributed by atoms with E-state index in [1.165, 1.54) is 13.8 Å². The molecule has 0 spiro atoms. The Morgan fingerprint density at radius 1 is 0.852 bits per heavy atom. The van der Waals surface area contributed by atoms with Crippen LogP contribution in [-0.4, -0.2) is 77.9 Å². The minimum absolute atomic E-state index is 0.120. The van der Waals surface area contributed by atoms with Crippen LogP contribution in [-0.2, 0) is 48.5 Å². The molecule has 0 aromatic heterocycles. The van der Waals surface area contributed by atoms with Gasteiger partial charge in [0.05, 0.1) is 23.4 Å². The molecule has 11 nitrogen and oxygen atoms in total. The maximum absolute atomic E-state index is 11.7. The predicted octanol–water partition coefficient (Wildman–Crippen LogP) is -1.23. The van der Waals surface area contributed by atoms with Crippen molar-refractivity contribution in [1.82, 2.24) is 4.72 Å². The second kappa shape index (κ2) is 11.9. The number of ether oxygens (including phenoxy) is 3. The first-order valence-corrected chi connectivity index (χ1v) is 11.4. The molecule has 0 fully saturated rings. The topological polar surface area (TPSA) is 159 Å². The molecule has 0 bridgehead atoms. The van der Waals surface area contributed by atoms with Crippen molar-refractivity contribution in [1.29, 1.82) is 0 Å². The standard InChI is InChI=1S/C14H25NO10S2/c1-4-23-13(17)9-25-14(18)10-24-12(16)8-15-27(21,22)7-5-6-26(19,20)11(2)3/h11,15H,4-10H2,1-3H3. The van der Waals surface area contributed by atoms with E-state index in [1.807, 2.05) is 4.72 Å². The van der Waals surface area contributed by atoms with Crippen molar-refractivity contribution >= 4 is 37.8 Å². The zero-order valence-electron chi connectivity index (χ0n) is 15.4. The van der Waals surface area contributed by atoms with Gasteiger partial charge in [0.1, 0.15) is 6.54 Å². The molecule has 0 rings (SSSR count).